The highest BCUT2D eigenvalue weighted by Gasteiger charge is 2.03. The second kappa shape index (κ2) is 8.04. The van der Waals surface area contributed by atoms with Crippen LogP contribution in [0, 0.1) is 5.82 Å². The number of anilines is 1. The summed E-state index contributed by atoms with van der Waals surface area (Å²) in [5, 5.41) is 3.66. The van der Waals surface area contributed by atoms with Crippen molar-refractivity contribution in [2.75, 3.05) is 5.32 Å². The molecule has 0 bridgehead atoms. The molecule has 0 atom stereocenters. The average molecular weight is 306 g/mol. The highest BCUT2D eigenvalue weighted by molar-refractivity contribution is 6.30. The zero-order valence-corrected chi connectivity index (χ0v) is 13.1. The minimum absolute atomic E-state index is 0.272. The van der Waals surface area contributed by atoms with E-state index in [0.717, 1.165) is 12.1 Å². The predicted molar refractivity (Wildman–Crippen MR) is 88.4 cm³/mol. The van der Waals surface area contributed by atoms with Crippen LogP contribution in [0.4, 0.5) is 10.1 Å². The fraction of sp³-hybridized carbons (Fsp3) is 0.333. The van der Waals surface area contributed by atoms with Crippen LogP contribution in [0.25, 0.3) is 0 Å². The number of hydrogen-bond acceptors (Lipinski definition) is 1. The molecule has 0 unspecified atom stereocenters. The molecule has 0 heterocycles. The van der Waals surface area contributed by atoms with Crippen LogP contribution < -0.4 is 5.32 Å². The van der Waals surface area contributed by atoms with E-state index in [4.69, 9.17) is 11.6 Å². The maximum Gasteiger partial charge on any atom is 0.129 e. The van der Waals surface area contributed by atoms with E-state index < -0.39 is 0 Å². The summed E-state index contributed by atoms with van der Waals surface area (Å²) in [6.45, 7) is 2.67. The van der Waals surface area contributed by atoms with E-state index in [1.54, 1.807) is 12.1 Å². The van der Waals surface area contributed by atoms with Crippen molar-refractivity contribution in [1.82, 2.24) is 0 Å². The molecular weight excluding hydrogens is 285 g/mol. The first-order valence-corrected chi connectivity index (χ1v) is 7.83. The molecule has 0 saturated heterocycles. The topological polar surface area (TPSA) is 12.0 Å². The average Bonchev–Trinajstić information content (AvgIpc) is 2.48. The number of unbranched alkanes of at least 4 members (excludes halogenated alkanes) is 2. The fourth-order valence-corrected chi connectivity index (χ4v) is 2.39. The maximum atomic E-state index is 13.7. The Labute approximate surface area is 131 Å². The first-order chi connectivity index (χ1) is 10.2. The Morgan fingerprint density at radius 2 is 1.81 bits per heavy atom. The Balaban J connectivity index is 1.88. The standard InChI is InChI=1S/C18H21ClFN/c1-2-3-4-5-14-6-10-17(11-7-14)21-13-15-8-9-16(19)12-18(15)20/h6-12,21H,2-5,13H2,1H3. The summed E-state index contributed by atoms with van der Waals surface area (Å²) < 4.78 is 13.7. The van der Waals surface area contributed by atoms with Crippen molar-refractivity contribution >= 4 is 17.3 Å². The van der Waals surface area contributed by atoms with Crippen molar-refractivity contribution in [2.24, 2.45) is 0 Å². The number of rotatable bonds is 7. The second-order valence-corrected chi connectivity index (χ2v) is 5.68. The Morgan fingerprint density at radius 3 is 2.48 bits per heavy atom. The summed E-state index contributed by atoms with van der Waals surface area (Å²) in [6.07, 6.45) is 4.88. The lowest BCUT2D eigenvalue weighted by Gasteiger charge is -2.09. The third-order valence-corrected chi connectivity index (χ3v) is 3.76. The molecule has 2 aromatic carbocycles. The highest BCUT2D eigenvalue weighted by Crippen LogP contribution is 2.17. The van der Waals surface area contributed by atoms with Crippen LogP contribution in [-0.4, -0.2) is 0 Å². The number of benzene rings is 2. The SMILES string of the molecule is CCCCCc1ccc(NCc2ccc(Cl)cc2F)cc1. The summed E-state index contributed by atoms with van der Waals surface area (Å²) >= 11 is 5.74. The molecule has 2 rings (SSSR count). The Morgan fingerprint density at radius 1 is 1.05 bits per heavy atom. The van der Waals surface area contributed by atoms with E-state index in [2.05, 4.69) is 36.5 Å². The van der Waals surface area contributed by atoms with Crippen LogP contribution in [0.15, 0.2) is 42.5 Å². The molecule has 2 aromatic rings. The van der Waals surface area contributed by atoms with Gasteiger partial charge >= 0.3 is 0 Å². The number of hydrogen-bond donors (Lipinski definition) is 1. The van der Waals surface area contributed by atoms with Crippen molar-refractivity contribution in [3.8, 4) is 0 Å². The normalized spacial score (nSPS) is 10.6. The van der Waals surface area contributed by atoms with Crippen molar-refractivity contribution in [1.29, 1.82) is 0 Å². The van der Waals surface area contributed by atoms with E-state index >= 15 is 0 Å². The van der Waals surface area contributed by atoms with Crippen LogP contribution in [-0.2, 0) is 13.0 Å². The molecule has 0 amide bonds. The van der Waals surface area contributed by atoms with Gasteiger partial charge in [0.1, 0.15) is 5.82 Å². The zero-order chi connectivity index (χ0) is 15.1. The molecule has 1 nitrogen and oxygen atoms in total. The summed E-state index contributed by atoms with van der Waals surface area (Å²) in [6, 6.07) is 13.1. The summed E-state index contributed by atoms with van der Waals surface area (Å²) in [7, 11) is 0. The lowest BCUT2D eigenvalue weighted by atomic mass is 10.1. The molecule has 1 N–H and O–H groups in total. The number of nitrogens with one attached hydrogen (secondary N) is 1. The van der Waals surface area contributed by atoms with E-state index in [0.29, 0.717) is 17.1 Å². The summed E-state index contributed by atoms with van der Waals surface area (Å²) in [5.41, 5.74) is 2.97. The molecule has 0 aliphatic heterocycles. The maximum absolute atomic E-state index is 13.7. The van der Waals surface area contributed by atoms with Crippen LogP contribution in [0.1, 0.15) is 37.3 Å². The van der Waals surface area contributed by atoms with Gasteiger partial charge in [-0.15, -0.1) is 0 Å². The van der Waals surface area contributed by atoms with E-state index in [-0.39, 0.29) is 5.82 Å². The van der Waals surface area contributed by atoms with Crippen LogP contribution in [0.3, 0.4) is 0 Å². The van der Waals surface area contributed by atoms with Crippen LogP contribution >= 0.6 is 11.6 Å². The molecule has 0 spiro atoms. The van der Waals surface area contributed by atoms with Crippen LogP contribution in [0.2, 0.25) is 5.02 Å². The first kappa shape index (κ1) is 15.8. The van der Waals surface area contributed by atoms with Gasteiger partial charge in [-0.2, -0.15) is 0 Å². The third-order valence-electron chi connectivity index (χ3n) is 3.52. The summed E-state index contributed by atoms with van der Waals surface area (Å²) in [4.78, 5) is 0. The second-order valence-electron chi connectivity index (χ2n) is 5.24. The number of aryl methyl sites for hydroxylation is 1. The lowest BCUT2D eigenvalue weighted by Crippen LogP contribution is -2.01. The third kappa shape index (κ3) is 5.05. The van der Waals surface area contributed by atoms with Gasteiger partial charge < -0.3 is 5.32 Å². The summed E-state index contributed by atoms with van der Waals surface area (Å²) in [5.74, 6) is -0.272. The molecular formula is C18H21ClFN. The minimum atomic E-state index is -0.272. The molecule has 0 aromatic heterocycles. The van der Waals surface area contributed by atoms with Gasteiger partial charge in [0.25, 0.3) is 0 Å². The van der Waals surface area contributed by atoms with Gasteiger partial charge in [0.15, 0.2) is 0 Å². The molecule has 0 aliphatic carbocycles. The van der Waals surface area contributed by atoms with Gasteiger partial charge in [-0.1, -0.05) is 49.6 Å². The molecule has 0 aliphatic rings. The smallest absolute Gasteiger partial charge is 0.129 e. The highest BCUT2D eigenvalue weighted by atomic mass is 35.5. The predicted octanol–water partition coefficient (Wildman–Crippen LogP) is 5.82. The van der Waals surface area contributed by atoms with Gasteiger partial charge in [-0.25, -0.2) is 4.39 Å². The Kier molecular flexibility index (Phi) is 6.06. The van der Waals surface area contributed by atoms with Crippen molar-refractivity contribution in [3.63, 3.8) is 0 Å². The van der Waals surface area contributed by atoms with Crippen molar-refractivity contribution in [2.45, 2.75) is 39.2 Å². The zero-order valence-electron chi connectivity index (χ0n) is 12.3. The quantitative estimate of drug-likeness (QED) is 0.635. The van der Waals surface area contributed by atoms with Gasteiger partial charge in [-0.05, 0) is 42.7 Å². The van der Waals surface area contributed by atoms with E-state index in [1.807, 2.05) is 0 Å². The molecule has 0 fully saturated rings. The molecule has 21 heavy (non-hydrogen) atoms. The minimum Gasteiger partial charge on any atom is -0.381 e. The number of halogens is 2. The Bertz CT molecular complexity index is 566. The van der Waals surface area contributed by atoms with Gasteiger partial charge in [0, 0.05) is 22.8 Å². The largest absolute Gasteiger partial charge is 0.381 e. The molecule has 0 radical (unpaired) electrons. The van der Waals surface area contributed by atoms with E-state index in [1.165, 1.54) is 30.9 Å². The van der Waals surface area contributed by atoms with Gasteiger partial charge in [0.2, 0.25) is 0 Å². The molecule has 3 heteroatoms. The van der Waals surface area contributed by atoms with Gasteiger partial charge in [0.05, 0.1) is 0 Å². The monoisotopic (exact) mass is 305 g/mol. The first-order valence-electron chi connectivity index (χ1n) is 7.46. The molecule has 0 saturated carbocycles. The fourth-order valence-electron chi connectivity index (χ4n) is 2.23. The molecule has 112 valence electrons. The van der Waals surface area contributed by atoms with Crippen molar-refractivity contribution in [3.05, 3.63) is 64.4 Å². The lowest BCUT2D eigenvalue weighted by molar-refractivity contribution is 0.613. The van der Waals surface area contributed by atoms with Gasteiger partial charge in [-0.3, -0.25) is 0 Å². The van der Waals surface area contributed by atoms with Crippen molar-refractivity contribution < 1.29 is 4.39 Å². The van der Waals surface area contributed by atoms with Crippen LogP contribution in [0.5, 0.6) is 0 Å². The Hall–Kier alpha value is -1.54. The van der Waals surface area contributed by atoms with E-state index in [9.17, 15) is 4.39 Å².